The van der Waals surface area contributed by atoms with E-state index < -0.39 is 0 Å². The summed E-state index contributed by atoms with van der Waals surface area (Å²) in [5.74, 6) is 1.92. The van der Waals surface area contributed by atoms with Crippen molar-refractivity contribution in [1.82, 2.24) is 9.78 Å². The van der Waals surface area contributed by atoms with E-state index in [4.69, 9.17) is 5.73 Å². The maximum absolute atomic E-state index is 6.07. The van der Waals surface area contributed by atoms with E-state index in [1.54, 1.807) is 0 Å². The maximum atomic E-state index is 6.07. The van der Waals surface area contributed by atoms with Gasteiger partial charge in [-0.25, -0.2) is 0 Å². The molecule has 3 nitrogen and oxygen atoms in total. The van der Waals surface area contributed by atoms with Gasteiger partial charge in [0.25, 0.3) is 0 Å². The van der Waals surface area contributed by atoms with Crippen LogP contribution in [0, 0.1) is 12.8 Å². The molecule has 2 atom stereocenters. The molecule has 1 aromatic heterocycles. The number of nitrogens with two attached hydrogens (primary N) is 1. The fourth-order valence-corrected chi connectivity index (χ4v) is 3.57. The van der Waals surface area contributed by atoms with Gasteiger partial charge in [-0.1, -0.05) is 6.42 Å². The molecular formula is C12H21N3S. The Bertz CT molecular complexity index is 348. The number of aryl methyl sites for hydroxylation is 2. The highest BCUT2D eigenvalue weighted by atomic mass is 32.2. The molecule has 1 heterocycles. The topological polar surface area (TPSA) is 43.8 Å². The van der Waals surface area contributed by atoms with Crippen LogP contribution in [0.3, 0.4) is 0 Å². The van der Waals surface area contributed by atoms with Gasteiger partial charge in [-0.05, 0) is 43.9 Å². The molecule has 0 bridgehead atoms. The molecule has 1 aliphatic carbocycles. The van der Waals surface area contributed by atoms with Crippen molar-refractivity contribution >= 4 is 11.8 Å². The van der Waals surface area contributed by atoms with Gasteiger partial charge in [-0.2, -0.15) is 5.10 Å². The first-order valence-corrected chi connectivity index (χ1v) is 7.04. The lowest BCUT2D eigenvalue weighted by molar-refractivity contribution is 0.470. The van der Waals surface area contributed by atoms with Crippen LogP contribution >= 0.6 is 11.8 Å². The lowest BCUT2D eigenvalue weighted by atomic mass is 10.0. The third-order valence-electron chi connectivity index (χ3n) is 3.42. The van der Waals surface area contributed by atoms with E-state index >= 15 is 0 Å². The maximum Gasteiger partial charge on any atom is 0.0939 e. The highest BCUT2D eigenvalue weighted by molar-refractivity contribution is 7.99. The minimum atomic E-state index is 0.453. The Morgan fingerprint density at radius 3 is 2.94 bits per heavy atom. The van der Waals surface area contributed by atoms with Crippen molar-refractivity contribution in [3.8, 4) is 0 Å². The molecule has 16 heavy (non-hydrogen) atoms. The first-order chi connectivity index (χ1) is 7.66. The number of rotatable bonds is 4. The Kier molecular flexibility index (Phi) is 3.92. The number of nitrogens with zero attached hydrogens (tertiary/aromatic N) is 2. The van der Waals surface area contributed by atoms with Gasteiger partial charge in [0, 0.05) is 13.1 Å². The second-order valence-corrected chi connectivity index (χ2v) is 5.85. The third-order valence-corrected chi connectivity index (χ3v) is 4.53. The molecule has 0 radical (unpaired) electrons. The van der Waals surface area contributed by atoms with Crippen molar-refractivity contribution in [2.24, 2.45) is 18.7 Å². The van der Waals surface area contributed by atoms with Crippen molar-refractivity contribution in [3.63, 3.8) is 0 Å². The molecule has 0 aromatic carbocycles. The quantitative estimate of drug-likeness (QED) is 0.820. The summed E-state index contributed by atoms with van der Waals surface area (Å²) < 4.78 is 1.97. The molecule has 1 aliphatic rings. The molecule has 0 spiro atoms. The number of thioether (sulfide) groups is 1. The van der Waals surface area contributed by atoms with E-state index in [1.165, 1.54) is 30.7 Å². The molecule has 0 aliphatic heterocycles. The molecular weight excluding hydrogens is 218 g/mol. The minimum absolute atomic E-state index is 0.453. The van der Waals surface area contributed by atoms with E-state index in [-0.39, 0.29) is 0 Å². The Morgan fingerprint density at radius 1 is 1.56 bits per heavy atom. The second-order valence-electron chi connectivity index (χ2n) is 4.74. The molecule has 1 aromatic rings. The molecule has 90 valence electrons. The Labute approximate surface area is 102 Å². The summed E-state index contributed by atoms with van der Waals surface area (Å²) in [6.07, 6.45) is 5.11. The van der Waals surface area contributed by atoms with Gasteiger partial charge in [-0.3, -0.25) is 4.68 Å². The Morgan fingerprint density at radius 2 is 2.38 bits per heavy atom. The summed E-state index contributed by atoms with van der Waals surface area (Å²) in [4.78, 5) is 0. The zero-order valence-corrected chi connectivity index (χ0v) is 11.0. The molecule has 4 heteroatoms. The molecule has 1 saturated carbocycles. The normalized spacial score (nSPS) is 25.2. The van der Waals surface area contributed by atoms with Crippen LogP contribution in [-0.4, -0.2) is 21.6 Å². The summed E-state index contributed by atoms with van der Waals surface area (Å²) >= 11 is 1.90. The fourth-order valence-electron chi connectivity index (χ4n) is 2.46. The SMILES string of the molecule is Cc1cc(SCCC2CCCC2N)n(C)n1. The highest BCUT2D eigenvalue weighted by Crippen LogP contribution is 2.29. The molecule has 0 amide bonds. The van der Waals surface area contributed by atoms with Crippen molar-refractivity contribution in [2.45, 2.75) is 43.7 Å². The minimum Gasteiger partial charge on any atom is -0.327 e. The molecule has 1 fully saturated rings. The zero-order valence-electron chi connectivity index (χ0n) is 10.1. The summed E-state index contributed by atoms with van der Waals surface area (Å²) in [6, 6.07) is 2.60. The summed E-state index contributed by atoms with van der Waals surface area (Å²) in [7, 11) is 2.01. The van der Waals surface area contributed by atoms with Crippen LogP contribution < -0.4 is 5.73 Å². The van der Waals surface area contributed by atoms with Crippen LogP contribution in [-0.2, 0) is 7.05 Å². The van der Waals surface area contributed by atoms with Gasteiger partial charge in [0.2, 0.25) is 0 Å². The van der Waals surface area contributed by atoms with E-state index in [0.29, 0.717) is 6.04 Å². The highest BCUT2D eigenvalue weighted by Gasteiger charge is 2.23. The standard InChI is InChI=1S/C12H21N3S/c1-9-8-12(15(2)14-9)16-7-6-10-4-3-5-11(10)13/h8,10-11H,3-7,13H2,1-2H3. The van der Waals surface area contributed by atoms with Crippen molar-refractivity contribution < 1.29 is 0 Å². The average molecular weight is 239 g/mol. The largest absolute Gasteiger partial charge is 0.327 e. The van der Waals surface area contributed by atoms with Gasteiger partial charge in [0.15, 0.2) is 0 Å². The van der Waals surface area contributed by atoms with Crippen molar-refractivity contribution in [1.29, 1.82) is 0 Å². The van der Waals surface area contributed by atoms with Crippen LogP contribution in [0.1, 0.15) is 31.4 Å². The van der Waals surface area contributed by atoms with Crippen LogP contribution in [0.4, 0.5) is 0 Å². The van der Waals surface area contributed by atoms with Gasteiger partial charge in [0.1, 0.15) is 0 Å². The van der Waals surface area contributed by atoms with E-state index in [2.05, 4.69) is 11.2 Å². The summed E-state index contributed by atoms with van der Waals surface area (Å²) in [5.41, 5.74) is 7.17. The zero-order chi connectivity index (χ0) is 11.5. The van der Waals surface area contributed by atoms with Gasteiger partial charge in [0.05, 0.1) is 10.7 Å². The molecule has 2 rings (SSSR count). The summed E-state index contributed by atoms with van der Waals surface area (Å²) in [5, 5.41) is 5.62. The summed E-state index contributed by atoms with van der Waals surface area (Å²) in [6.45, 7) is 2.04. The van der Waals surface area contributed by atoms with E-state index in [1.807, 2.05) is 30.4 Å². The van der Waals surface area contributed by atoms with Crippen LogP contribution in [0.2, 0.25) is 0 Å². The lowest BCUT2D eigenvalue weighted by Crippen LogP contribution is -2.24. The Hall–Kier alpha value is -0.480. The van der Waals surface area contributed by atoms with Crippen molar-refractivity contribution in [2.75, 3.05) is 5.75 Å². The van der Waals surface area contributed by atoms with Crippen molar-refractivity contribution in [3.05, 3.63) is 11.8 Å². The van der Waals surface area contributed by atoms with E-state index in [0.717, 1.165) is 17.4 Å². The molecule has 0 saturated heterocycles. The number of hydrogen-bond donors (Lipinski definition) is 1. The smallest absolute Gasteiger partial charge is 0.0939 e. The van der Waals surface area contributed by atoms with Gasteiger partial charge in [-0.15, -0.1) is 11.8 Å². The first-order valence-electron chi connectivity index (χ1n) is 6.06. The van der Waals surface area contributed by atoms with Crippen LogP contribution in [0.5, 0.6) is 0 Å². The van der Waals surface area contributed by atoms with Crippen LogP contribution in [0.15, 0.2) is 11.1 Å². The lowest BCUT2D eigenvalue weighted by Gasteiger charge is -2.14. The molecule has 2 unspecified atom stereocenters. The third kappa shape index (κ3) is 2.80. The number of hydrogen-bond acceptors (Lipinski definition) is 3. The van der Waals surface area contributed by atoms with E-state index in [9.17, 15) is 0 Å². The van der Waals surface area contributed by atoms with Crippen LogP contribution in [0.25, 0.3) is 0 Å². The Balaban J connectivity index is 1.77. The monoisotopic (exact) mass is 239 g/mol. The van der Waals surface area contributed by atoms with Gasteiger partial charge < -0.3 is 5.73 Å². The predicted molar refractivity (Wildman–Crippen MR) is 68.6 cm³/mol. The average Bonchev–Trinajstić information content (AvgIpc) is 2.75. The van der Waals surface area contributed by atoms with Gasteiger partial charge >= 0.3 is 0 Å². The fraction of sp³-hybridized carbons (Fsp3) is 0.750. The predicted octanol–water partition coefficient (Wildman–Crippen LogP) is 2.34. The number of aromatic nitrogens is 2. The second kappa shape index (κ2) is 5.23. The first kappa shape index (κ1) is 12.0. The molecule has 2 N–H and O–H groups in total.